The van der Waals surface area contributed by atoms with Gasteiger partial charge >= 0.3 is 5.97 Å². The Kier molecular flexibility index (Phi) is 4.44. The van der Waals surface area contributed by atoms with E-state index in [1.807, 2.05) is 19.1 Å². The van der Waals surface area contributed by atoms with Crippen LogP contribution in [0.2, 0.25) is 0 Å². The van der Waals surface area contributed by atoms with Gasteiger partial charge in [-0.25, -0.2) is 4.98 Å². The topological polar surface area (TPSA) is 83.0 Å². The number of carbonyl (C=O) groups excluding carboxylic acids is 1. The molecule has 4 rings (SSSR count). The summed E-state index contributed by atoms with van der Waals surface area (Å²) in [6.07, 6.45) is 1.91. The van der Waals surface area contributed by atoms with Gasteiger partial charge in [-0.3, -0.25) is 14.5 Å². The normalized spacial score (nSPS) is 29.7. The monoisotopic (exact) mass is 359 g/mol. The van der Waals surface area contributed by atoms with Crippen molar-refractivity contribution < 1.29 is 19.4 Å². The lowest BCUT2D eigenvalue weighted by molar-refractivity contribution is -0.148. The summed E-state index contributed by atoms with van der Waals surface area (Å²) in [5, 5.41) is 10.00. The molecule has 3 saturated heterocycles. The number of amides is 1. The minimum atomic E-state index is -0.863. The van der Waals surface area contributed by atoms with Crippen LogP contribution >= 0.6 is 0 Å². The largest absolute Gasteiger partial charge is 0.481 e. The molecule has 0 radical (unpaired) electrons. The third-order valence-electron chi connectivity index (χ3n) is 6.16. The molecule has 1 amide bonds. The van der Waals surface area contributed by atoms with Gasteiger partial charge in [0.25, 0.3) is 5.91 Å². The quantitative estimate of drug-likeness (QED) is 0.868. The fourth-order valence-electron chi connectivity index (χ4n) is 4.71. The second-order valence-corrected chi connectivity index (χ2v) is 7.78. The second-order valence-electron chi connectivity index (χ2n) is 7.78. The predicted molar refractivity (Wildman–Crippen MR) is 93.9 cm³/mol. The molecule has 0 saturated carbocycles. The zero-order valence-corrected chi connectivity index (χ0v) is 15.1. The molecule has 4 heterocycles. The zero-order chi connectivity index (χ0) is 18.3. The number of pyridine rings is 1. The Morgan fingerprint density at radius 3 is 2.65 bits per heavy atom. The number of nitrogens with zero attached hydrogens (tertiary/aromatic N) is 3. The van der Waals surface area contributed by atoms with Crippen molar-refractivity contribution >= 4 is 11.9 Å². The smallest absolute Gasteiger partial charge is 0.313 e. The van der Waals surface area contributed by atoms with Crippen LogP contribution in [-0.4, -0.2) is 77.2 Å². The number of aryl methyl sites for hydroxylation is 1. The maximum Gasteiger partial charge on any atom is 0.313 e. The van der Waals surface area contributed by atoms with Gasteiger partial charge in [-0.15, -0.1) is 0 Å². The van der Waals surface area contributed by atoms with Crippen LogP contribution < -0.4 is 0 Å². The average molecular weight is 359 g/mol. The van der Waals surface area contributed by atoms with Gasteiger partial charge in [0.05, 0.1) is 0 Å². The van der Waals surface area contributed by atoms with E-state index in [0.29, 0.717) is 24.8 Å². The van der Waals surface area contributed by atoms with E-state index < -0.39 is 11.4 Å². The van der Waals surface area contributed by atoms with Crippen molar-refractivity contribution in [1.29, 1.82) is 0 Å². The van der Waals surface area contributed by atoms with E-state index in [-0.39, 0.29) is 18.4 Å². The van der Waals surface area contributed by atoms with E-state index in [9.17, 15) is 14.7 Å². The second kappa shape index (κ2) is 6.63. The van der Waals surface area contributed by atoms with Crippen LogP contribution in [-0.2, 0) is 9.53 Å². The van der Waals surface area contributed by atoms with Crippen LogP contribution in [0, 0.1) is 18.3 Å². The minimum absolute atomic E-state index is 0.0309. The summed E-state index contributed by atoms with van der Waals surface area (Å²) in [7, 11) is 0. The molecule has 7 nitrogen and oxygen atoms in total. The van der Waals surface area contributed by atoms with Crippen molar-refractivity contribution in [2.75, 3.05) is 39.4 Å². The number of fused-ring (bicyclic) bond motifs is 1. The van der Waals surface area contributed by atoms with Gasteiger partial charge in [-0.2, -0.15) is 0 Å². The zero-order valence-electron chi connectivity index (χ0n) is 15.1. The predicted octanol–water partition coefficient (Wildman–Crippen LogP) is 1.03. The lowest BCUT2D eigenvalue weighted by Crippen LogP contribution is -2.45. The van der Waals surface area contributed by atoms with E-state index in [1.165, 1.54) is 0 Å². The molecule has 140 valence electrons. The fourth-order valence-corrected chi connectivity index (χ4v) is 4.71. The Hall–Kier alpha value is -1.99. The third-order valence-corrected chi connectivity index (χ3v) is 6.16. The molecular weight excluding hydrogens is 334 g/mol. The van der Waals surface area contributed by atoms with Gasteiger partial charge in [-0.05, 0) is 31.9 Å². The molecule has 0 bridgehead atoms. The molecule has 0 spiro atoms. The van der Waals surface area contributed by atoms with Gasteiger partial charge < -0.3 is 14.7 Å². The van der Waals surface area contributed by atoms with Crippen molar-refractivity contribution in [1.82, 2.24) is 14.8 Å². The van der Waals surface area contributed by atoms with Crippen LogP contribution in [0.25, 0.3) is 0 Å². The van der Waals surface area contributed by atoms with E-state index in [2.05, 4.69) is 9.88 Å². The highest BCUT2D eigenvalue weighted by Gasteiger charge is 2.59. The van der Waals surface area contributed by atoms with Crippen molar-refractivity contribution in [3.05, 3.63) is 29.6 Å². The lowest BCUT2D eigenvalue weighted by Gasteiger charge is -2.33. The van der Waals surface area contributed by atoms with Crippen LogP contribution in [0.1, 0.15) is 29.0 Å². The summed E-state index contributed by atoms with van der Waals surface area (Å²) >= 11 is 0. The molecule has 7 heteroatoms. The molecule has 0 unspecified atom stereocenters. The molecule has 26 heavy (non-hydrogen) atoms. The summed E-state index contributed by atoms with van der Waals surface area (Å²) in [6.45, 7) is 5.34. The van der Waals surface area contributed by atoms with Crippen LogP contribution in [0.4, 0.5) is 0 Å². The Bertz CT molecular complexity index is 718. The first-order valence-corrected chi connectivity index (χ1v) is 9.28. The average Bonchev–Trinajstić information content (AvgIpc) is 3.17. The van der Waals surface area contributed by atoms with Crippen LogP contribution in [0.15, 0.2) is 18.2 Å². The number of carboxylic acid groups (broad SMARTS) is 1. The van der Waals surface area contributed by atoms with E-state index in [0.717, 1.165) is 38.3 Å². The van der Waals surface area contributed by atoms with Gasteiger partial charge in [0, 0.05) is 57.0 Å². The summed E-state index contributed by atoms with van der Waals surface area (Å²) in [4.78, 5) is 33.3. The van der Waals surface area contributed by atoms with Crippen molar-refractivity contribution in [2.45, 2.75) is 25.8 Å². The molecule has 3 aliphatic heterocycles. The number of likely N-dealkylation sites (tertiary alicyclic amines) is 2. The van der Waals surface area contributed by atoms with Crippen molar-refractivity contribution in [3.63, 3.8) is 0 Å². The first kappa shape index (κ1) is 17.4. The lowest BCUT2D eigenvalue weighted by atomic mass is 9.81. The standard InChI is InChI=1S/C19H25N3O4/c1-13-3-2-4-16(20-13)17(23)22-10-14-9-21(15-5-7-26-8-6-15)11-19(14,12-22)18(24)25/h2-4,14-15H,5-12H2,1H3,(H,24,25)/t14-,19-/m0/s1. The molecule has 3 aliphatic rings. The SMILES string of the molecule is Cc1cccc(C(=O)N2C[C@@H]3CN(C4CCOCC4)C[C@]3(C(=O)O)C2)n1. The van der Waals surface area contributed by atoms with E-state index >= 15 is 0 Å². The van der Waals surface area contributed by atoms with Crippen LogP contribution in [0.3, 0.4) is 0 Å². The number of aromatic nitrogens is 1. The summed E-state index contributed by atoms with van der Waals surface area (Å²) < 4.78 is 5.43. The molecule has 1 aromatic rings. The number of ether oxygens (including phenoxy) is 1. The van der Waals surface area contributed by atoms with E-state index in [4.69, 9.17) is 4.74 Å². The number of carbonyl (C=O) groups is 2. The Labute approximate surface area is 152 Å². The Balaban J connectivity index is 1.51. The summed E-state index contributed by atoms with van der Waals surface area (Å²) in [5.41, 5.74) is 0.318. The number of hydrogen-bond donors (Lipinski definition) is 1. The fraction of sp³-hybridized carbons (Fsp3) is 0.632. The Morgan fingerprint density at radius 2 is 2.00 bits per heavy atom. The van der Waals surface area contributed by atoms with Crippen LogP contribution in [0.5, 0.6) is 0 Å². The first-order chi connectivity index (χ1) is 12.5. The molecular formula is C19H25N3O4. The first-order valence-electron chi connectivity index (χ1n) is 9.28. The van der Waals surface area contributed by atoms with Crippen molar-refractivity contribution in [2.24, 2.45) is 11.3 Å². The van der Waals surface area contributed by atoms with Crippen molar-refractivity contribution in [3.8, 4) is 0 Å². The molecule has 1 aromatic heterocycles. The van der Waals surface area contributed by atoms with Gasteiger partial charge in [0.1, 0.15) is 11.1 Å². The maximum absolute atomic E-state index is 12.8. The molecule has 2 atom stereocenters. The molecule has 3 fully saturated rings. The Morgan fingerprint density at radius 1 is 1.23 bits per heavy atom. The minimum Gasteiger partial charge on any atom is -0.481 e. The number of carboxylic acids is 1. The third kappa shape index (κ3) is 2.89. The maximum atomic E-state index is 12.8. The number of aliphatic carboxylic acids is 1. The molecule has 0 aliphatic carbocycles. The highest BCUT2D eigenvalue weighted by atomic mass is 16.5. The number of hydrogen-bond acceptors (Lipinski definition) is 5. The highest BCUT2D eigenvalue weighted by molar-refractivity contribution is 5.93. The van der Waals surface area contributed by atoms with Gasteiger partial charge in [-0.1, -0.05) is 6.07 Å². The summed E-state index contributed by atoms with van der Waals surface area (Å²) in [6, 6.07) is 5.76. The highest BCUT2D eigenvalue weighted by Crippen LogP contribution is 2.44. The number of rotatable bonds is 3. The molecule has 0 aromatic carbocycles. The van der Waals surface area contributed by atoms with Gasteiger partial charge in [0.15, 0.2) is 0 Å². The molecule has 1 N–H and O–H groups in total. The van der Waals surface area contributed by atoms with Gasteiger partial charge in [0.2, 0.25) is 0 Å². The summed E-state index contributed by atoms with van der Waals surface area (Å²) in [5.74, 6) is -0.984. The van der Waals surface area contributed by atoms with E-state index in [1.54, 1.807) is 11.0 Å².